The number of ether oxygens (including phenoxy) is 1. The molecule has 0 fully saturated rings. The van der Waals surface area contributed by atoms with Gasteiger partial charge in [-0.3, -0.25) is 0 Å². The van der Waals surface area contributed by atoms with Crippen LogP contribution in [0, 0.1) is 0 Å². The number of carboxylic acids is 1. The number of rotatable bonds is 7. The maximum absolute atomic E-state index is 11.7. The lowest BCUT2D eigenvalue weighted by atomic mass is 10.00. The van der Waals surface area contributed by atoms with E-state index in [0.29, 0.717) is 19.6 Å². The molecule has 1 atom stereocenters. The van der Waals surface area contributed by atoms with Crippen molar-refractivity contribution in [3.05, 3.63) is 0 Å². The summed E-state index contributed by atoms with van der Waals surface area (Å²) in [7, 11) is 3.22. The van der Waals surface area contributed by atoms with E-state index < -0.39 is 11.5 Å². The van der Waals surface area contributed by atoms with Crippen molar-refractivity contribution >= 4 is 12.0 Å². The third kappa shape index (κ3) is 5.04. The summed E-state index contributed by atoms with van der Waals surface area (Å²) in [5, 5.41) is 11.5. The van der Waals surface area contributed by atoms with Gasteiger partial charge in [0.15, 0.2) is 0 Å². The van der Waals surface area contributed by atoms with Gasteiger partial charge in [0.2, 0.25) is 0 Å². The Balaban J connectivity index is 4.27. The van der Waals surface area contributed by atoms with Crippen molar-refractivity contribution in [1.29, 1.82) is 0 Å². The third-order valence-electron chi connectivity index (χ3n) is 2.75. The molecule has 0 aromatic heterocycles. The number of nitrogens with zero attached hydrogens (tertiary/aromatic N) is 1. The number of hydrogen-bond acceptors (Lipinski definition) is 3. The van der Waals surface area contributed by atoms with Crippen molar-refractivity contribution in [2.45, 2.75) is 32.2 Å². The van der Waals surface area contributed by atoms with Gasteiger partial charge in [-0.05, 0) is 19.8 Å². The molecule has 6 heteroatoms. The Labute approximate surface area is 102 Å². The maximum Gasteiger partial charge on any atom is 0.329 e. The van der Waals surface area contributed by atoms with Crippen molar-refractivity contribution in [3.8, 4) is 0 Å². The molecule has 0 radical (unpaired) electrons. The van der Waals surface area contributed by atoms with E-state index >= 15 is 0 Å². The first kappa shape index (κ1) is 15.7. The molecule has 0 spiro atoms. The molecule has 0 aliphatic heterocycles. The first-order valence-electron chi connectivity index (χ1n) is 5.63. The monoisotopic (exact) mass is 246 g/mol. The van der Waals surface area contributed by atoms with E-state index in [1.165, 1.54) is 11.8 Å². The van der Waals surface area contributed by atoms with E-state index in [1.54, 1.807) is 21.1 Å². The van der Waals surface area contributed by atoms with Gasteiger partial charge >= 0.3 is 12.0 Å². The van der Waals surface area contributed by atoms with Crippen LogP contribution < -0.4 is 5.32 Å². The lowest BCUT2D eigenvalue weighted by Gasteiger charge is -2.28. The number of aliphatic carboxylic acids is 1. The predicted octanol–water partition coefficient (Wildman–Crippen LogP) is 0.918. The van der Waals surface area contributed by atoms with Crippen molar-refractivity contribution in [2.24, 2.45) is 0 Å². The Morgan fingerprint density at radius 1 is 1.47 bits per heavy atom. The van der Waals surface area contributed by atoms with Crippen LogP contribution in [0.25, 0.3) is 0 Å². The summed E-state index contributed by atoms with van der Waals surface area (Å²) in [6.07, 6.45) is 1.05. The summed E-state index contributed by atoms with van der Waals surface area (Å²) in [4.78, 5) is 24.2. The van der Waals surface area contributed by atoms with Crippen LogP contribution >= 0.6 is 0 Å². The Hall–Kier alpha value is -1.30. The molecular weight excluding hydrogens is 224 g/mol. The first-order chi connectivity index (χ1) is 7.87. The maximum atomic E-state index is 11.7. The van der Waals surface area contributed by atoms with E-state index in [0.717, 1.165) is 6.42 Å². The van der Waals surface area contributed by atoms with Gasteiger partial charge < -0.3 is 20.1 Å². The van der Waals surface area contributed by atoms with Crippen molar-refractivity contribution in [3.63, 3.8) is 0 Å². The minimum absolute atomic E-state index is 0.333. The van der Waals surface area contributed by atoms with Gasteiger partial charge in [-0.15, -0.1) is 0 Å². The normalized spacial score (nSPS) is 13.9. The van der Waals surface area contributed by atoms with Gasteiger partial charge in [-0.1, -0.05) is 6.92 Å². The molecule has 0 bridgehead atoms. The number of carbonyl (C=O) groups is 2. The minimum atomic E-state index is -1.22. The molecule has 0 aliphatic carbocycles. The second-order valence-corrected chi connectivity index (χ2v) is 4.19. The quantitative estimate of drug-likeness (QED) is 0.655. The number of carboxylic acid groups (broad SMARTS) is 1. The predicted molar refractivity (Wildman–Crippen MR) is 64.0 cm³/mol. The lowest BCUT2D eigenvalue weighted by molar-refractivity contribution is -0.143. The average molecular weight is 246 g/mol. The fraction of sp³-hybridized carbons (Fsp3) is 0.818. The average Bonchev–Trinajstić information content (AvgIpc) is 2.28. The summed E-state index contributed by atoms with van der Waals surface area (Å²) < 4.78 is 4.88. The zero-order chi connectivity index (χ0) is 13.5. The SMILES string of the molecule is CCC(C)(NC(=O)N(C)CCCOC)C(=O)O. The van der Waals surface area contributed by atoms with Crippen LogP contribution in [-0.2, 0) is 9.53 Å². The van der Waals surface area contributed by atoms with E-state index in [2.05, 4.69) is 5.32 Å². The van der Waals surface area contributed by atoms with Crippen LogP contribution in [0.3, 0.4) is 0 Å². The van der Waals surface area contributed by atoms with E-state index in [4.69, 9.17) is 9.84 Å². The lowest BCUT2D eigenvalue weighted by Crippen LogP contribution is -2.55. The van der Waals surface area contributed by atoms with Gasteiger partial charge in [0.1, 0.15) is 5.54 Å². The number of hydrogen-bond donors (Lipinski definition) is 2. The standard InChI is InChI=1S/C11H22N2O4/c1-5-11(2,9(14)15)12-10(16)13(3)7-6-8-17-4/h5-8H2,1-4H3,(H,12,16)(H,14,15). The largest absolute Gasteiger partial charge is 0.480 e. The smallest absolute Gasteiger partial charge is 0.329 e. The van der Waals surface area contributed by atoms with Crippen LogP contribution in [0.4, 0.5) is 4.79 Å². The molecule has 17 heavy (non-hydrogen) atoms. The summed E-state index contributed by atoms with van der Waals surface area (Å²) in [6.45, 7) is 4.32. The van der Waals surface area contributed by atoms with Crippen LogP contribution in [-0.4, -0.2) is 54.9 Å². The second-order valence-electron chi connectivity index (χ2n) is 4.19. The molecule has 100 valence electrons. The van der Waals surface area contributed by atoms with Crippen molar-refractivity contribution in [1.82, 2.24) is 10.2 Å². The van der Waals surface area contributed by atoms with Gasteiger partial charge in [0.25, 0.3) is 0 Å². The topological polar surface area (TPSA) is 78.9 Å². The molecule has 2 amide bonds. The Morgan fingerprint density at radius 3 is 2.47 bits per heavy atom. The molecule has 0 aliphatic rings. The zero-order valence-electron chi connectivity index (χ0n) is 10.9. The summed E-state index contributed by atoms with van der Waals surface area (Å²) in [5.74, 6) is -1.03. The third-order valence-corrected chi connectivity index (χ3v) is 2.75. The molecular formula is C11H22N2O4. The summed E-state index contributed by atoms with van der Waals surface area (Å²) in [5.41, 5.74) is -1.22. The molecule has 2 N–H and O–H groups in total. The number of carbonyl (C=O) groups excluding carboxylic acids is 1. The highest BCUT2D eigenvalue weighted by atomic mass is 16.5. The van der Waals surface area contributed by atoms with Crippen LogP contribution in [0.2, 0.25) is 0 Å². The van der Waals surface area contributed by atoms with Crippen LogP contribution in [0.15, 0.2) is 0 Å². The van der Waals surface area contributed by atoms with E-state index in [1.807, 2.05) is 0 Å². The minimum Gasteiger partial charge on any atom is -0.480 e. The number of urea groups is 1. The van der Waals surface area contributed by atoms with Crippen molar-refractivity contribution < 1.29 is 19.4 Å². The molecule has 6 nitrogen and oxygen atoms in total. The van der Waals surface area contributed by atoms with Crippen molar-refractivity contribution in [2.75, 3.05) is 27.3 Å². The second kappa shape index (κ2) is 7.11. The highest BCUT2D eigenvalue weighted by Crippen LogP contribution is 2.09. The number of nitrogens with one attached hydrogen (secondary N) is 1. The summed E-state index contributed by atoms with van der Waals surface area (Å²) in [6, 6.07) is -0.382. The first-order valence-corrected chi connectivity index (χ1v) is 5.63. The number of methoxy groups -OCH3 is 1. The Kier molecular flexibility index (Phi) is 6.57. The highest BCUT2D eigenvalue weighted by molar-refractivity contribution is 5.85. The van der Waals surface area contributed by atoms with E-state index in [-0.39, 0.29) is 6.03 Å². The molecule has 1 unspecified atom stereocenters. The molecule has 0 heterocycles. The fourth-order valence-corrected chi connectivity index (χ4v) is 1.17. The zero-order valence-corrected chi connectivity index (χ0v) is 10.9. The Bertz CT molecular complexity index is 270. The molecule has 0 saturated carbocycles. The molecule has 0 aromatic carbocycles. The molecule has 0 saturated heterocycles. The fourth-order valence-electron chi connectivity index (χ4n) is 1.17. The highest BCUT2D eigenvalue weighted by Gasteiger charge is 2.33. The van der Waals surface area contributed by atoms with Gasteiger partial charge in [-0.2, -0.15) is 0 Å². The number of amides is 2. The molecule has 0 aromatic rings. The van der Waals surface area contributed by atoms with Crippen LogP contribution in [0.5, 0.6) is 0 Å². The van der Waals surface area contributed by atoms with Gasteiger partial charge in [0, 0.05) is 27.3 Å². The van der Waals surface area contributed by atoms with Gasteiger partial charge in [0.05, 0.1) is 0 Å². The van der Waals surface area contributed by atoms with Crippen LogP contribution in [0.1, 0.15) is 26.7 Å². The molecule has 0 rings (SSSR count). The van der Waals surface area contributed by atoms with Gasteiger partial charge in [-0.25, -0.2) is 9.59 Å². The van der Waals surface area contributed by atoms with E-state index in [9.17, 15) is 9.59 Å². The Morgan fingerprint density at radius 2 is 2.06 bits per heavy atom. The summed E-state index contributed by atoms with van der Waals surface area (Å²) >= 11 is 0.